The topological polar surface area (TPSA) is 79.4 Å². The Labute approximate surface area is 136 Å². The van der Waals surface area contributed by atoms with E-state index < -0.39 is 0 Å². The van der Waals surface area contributed by atoms with Gasteiger partial charge >= 0.3 is 0 Å². The molecule has 0 atom stereocenters. The van der Waals surface area contributed by atoms with Crippen LogP contribution in [0.5, 0.6) is 0 Å². The van der Waals surface area contributed by atoms with E-state index in [2.05, 4.69) is 10.3 Å². The number of nitrogens with zero attached hydrogens (tertiary/aromatic N) is 2. The van der Waals surface area contributed by atoms with Crippen molar-refractivity contribution in [3.05, 3.63) is 46.9 Å². The van der Waals surface area contributed by atoms with Gasteiger partial charge in [-0.15, -0.1) is 11.3 Å². The predicted molar refractivity (Wildman–Crippen MR) is 87.9 cm³/mol. The minimum Gasteiger partial charge on any atom is -0.321 e. The van der Waals surface area contributed by atoms with Gasteiger partial charge in [0.1, 0.15) is 0 Å². The van der Waals surface area contributed by atoms with Crippen LogP contribution < -0.4 is 10.2 Å². The van der Waals surface area contributed by atoms with Gasteiger partial charge in [-0.3, -0.25) is 14.4 Å². The van der Waals surface area contributed by atoms with Crippen molar-refractivity contribution < 1.29 is 14.4 Å². The number of aromatic nitrogens is 1. The highest BCUT2D eigenvalue weighted by Crippen LogP contribution is 2.30. The molecule has 116 valence electrons. The lowest BCUT2D eigenvalue weighted by Gasteiger charge is -2.17. The molecule has 1 aliphatic heterocycles. The SMILES string of the molecule is O=C(/C=C/c1cscn1)Nc1ccccc1N1C(=O)CCC1=O. The molecule has 6 nitrogen and oxygen atoms in total. The summed E-state index contributed by atoms with van der Waals surface area (Å²) in [5.41, 5.74) is 3.19. The van der Waals surface area contributed by atoms with Gasteiger partial charge in [-0.05, 0) is 18.2 Å². The molecule has 0 unspecified atom stereocenters. The number of para-hydroxylation sites is 2. The Bertz CT molecular complexity index is 768. The van der Waals surface area contributed by atoms with Crippen LogP contribution in [0.25, 0.3) is 6.08 Å². The van der Waals surface area contributed by atoms with Gasteiger partial charge in [0.05, 0.1) is 22.6 Å². The van der Waals surface area contributed by atoms with E-state index in [4.69, 9.17) is 0 Å². The molecule has 7 heteroatoms. The van der Waals surface area contributed by atoms with E-state index in [1.165, 1.54) is 17.4 Å². The second-order valence-electron chi connectivity index (χ2n) is 4.88. The molecule has 1 N–H and O–H groups in total. The zero-order valence-corrected chi connectivity index (χ0v) is 12.9. The van der Waals surface area contributed by atoms with E-state index in [0.717, 1.165) is 4.90 Å². The average molecular weight is 327 g/mol. The van der Waals surface area contributed by atoms with E-state index >= 15 is 0 Å². The second kappa shape index (κ2) is 6.53. The van der Waals surface area contributed by atoms with Gasteiger partial charge in [0.2, 0.25) is 17.7 Å². The standard InChI is InChI=1S/C16H13N3O3S/c20-14(6-5-11-9-23-10-17-11)18-12-3-1-2-4-13(12)19-15(21)7-8-16(19)22/h1-6,9-10H,7-8H2,(H,18,20)/b6-5+. The summed E-state index contributed by atoms with van der Waals surface area (Å²) in [5.74, 6) is -0.867. The van der Waals surface area contributed by atoms with Gasteiger partial charge in [0, 0.05) is 24.3 Å². The van der Waals surface area contributed by atoms with E-state index in [1.54, 1.807) is 35.9 Å². The van der Waals surface area contributed by atoms with Crippen molar-refractivity contribution in [2.24, 2.45) is 0 Å². The van der Waals surface area contributed by atoms with Crippen molar-refractivity contribution in [3.8, 4) is 0 Å². The first-order chi connectivity index (χ1) is 11.1. The second-order valence-corrected chi connectivity index (χ2v) is 5.59. The summed E-state index contributed by atoms with van der Waals surface area (Å²) in [6, 6.07) is 6.74. The van der Waals surface area contributed by atoms with Gasteiger partial charge < -0.3 is 5.32 Å². The van der Waals surface area contributed by atoms with Crippen molar-refractivity contribution in [2.45, 2.75) is 12.8 Å². The van der Waals surface area contributed by atoms with Gasteiger partial charge in [-0.2, -0.15) is 0 Å². The third-order valence-corrected chi connectivity index (χ3v) is 3.92. The number of hydrogen-bond acceptors (Lipinski definition) is 5. The normalized spacial score (nSPS) is 14.7. The van der Waals surface area contributed by atoms with Crippen molar-refractivity contribution >= 4 is 46.5 Å². The number of hydrogen-bond donors (Lipinski definition) is 1. The lowest BCUT2D eigenvalue weighted by atomic mass is 10.2. The smallest absolute Gasteiger partial charge is 0.248 e. The Kier molecular flexibility index (Phi) is 4.29. The number of amides is 3. The third-order valence-electron chi connectivity index (χ3n) is 3.31. The Morgan fingerprint density at radius 3 is 2.65 bits per heavy atom. The first kappa shape index (κ1) is 15.1. The minimum atomic E-state index is -0.357. The lowest BCUT2D eigenvalue weighted by Crippen LogP contribution is -2.29. The lowest BCUT2D eigenvalue weighted by molar-refractivity contribution is -0.121. The first-order valence-corrected chi connectivity index (χ1v) is 7.91. The van der Waals surface area contributed by atoms with Gasteiger partial charge in [-0.25, -0.2) is 9.88 Å². The maximum Gasteiger partial charge on any atom is 0.248 e. The molecular weight excluding hydrogens is 314 g/mol. The molecule has 1 aromatic carbocycles. The molecule has 1 aliphatic rings. The van der Waals surface area contributed by atoms with Crippen LogP contribution in [0.1, 0.15) is 18.5 Å². The molecular formula is C16H13N3O3S. The fourth-order valence-electron chi connectivity index (χ4n) is 2.26. The van der Waals surface area contributed by atoms with Crippen molar-refractivity contribution in [2.75, 3.05) is 10.2 Å². The molecule has 3 rings (SSSR count). The molecule has 0 radical (unpaired) electrons. The number of benzene rings is 1. The Morgan fingerprint density at radius 2 is 1.96 bits per heavy atom. The Hall–Kier alpha value is -2.80. The first-order valence-electron chi connectivity index (χ1n) is 6.97. The minimum absolute atomic E-state index is 0.199. The van der Waals surface area contributed by atoms with Crippen LogP contribution in [0, 0.1) is 0 Å². The molecule has 23 heavy (non-hydrogen) atoms. The summed E-state index contributed by atoms with van der Waals surface area (Å²) in [7, 11) is 0. The van der Waals surface area contributed by atoms with Crippen LogP contribution in [0.3, 0.4) is 0 Å². The highest BCUT2D eigenvalue weighted by atomic mass is 32.1. The molecule has 0 aliphatic carbocycles. The zero-order chi connectivity index (χ0) is 16.2. The number of anilines is 2. The molecule has 2 aromatic rings. The van der Waals surface area contributed by atoms with Gasteiger partial charge in [0.25, 0.3) is 0 Å². The Balaban J connectivity index is 1.79. The fraction of sp³-hybridized carbons (Fsp3) is 0.125. The molecule has 0 spiro atoms. The van der Waals surface area contributed by atoms with Crippen LogP contribution >= 0.6 is 11.3 Å². The third kappa shape index (κ3) is 3.35. The monoisotopic (exact) mass is 327 g/mol. The van der Waals surface area contributed by atoms with Gasteiger partial charge in [0.15, 0.2) is 0 Å². The molecule has 1 saturated heterocycles. The quantitative estimate of drug-likeness (QED) is 0.691. The molecule has 2 heterocycles. The molecule has 0 bridgehead atoms. The van der Waals surface area contributed by atoms with Crippen LogP contribution in [0.4, 0.5) is 11.4 Å². The summed E-state index contributed by atoms with van der Waals surface area (Å²) in [5, 5.41) is 4.51. The summed E-state index contributed by atoms with van der Waals surface area (Å²) in [6.07, 6.45) is 3.36. The van der Waals surface area contributed by atoms with Gasteiger partial charge in [-0.1, -0.05) is 12.1 Å². The highest BCUT2D eigenvalue weighted by Gasteiger charge is 2.31. The average Bonchev–Trinajstić information content (AvgIpc) is 3.17. The van der Waals surface area contributed by atoms with Crippen LogP contribution in [-0.2, 0) is 14.4 Å². The number of rotatable bonds is 4. The molecule has 3 amide bonds. The number of imide groups is 1. The van der Waals surface area contributed by atoms with E-state index in [1.807, 2.05) is 5.38 Å². The summed E-state index contributed by atoms with van der Waals surface area (Å²) >= 11 is 1.44. The summed E-state index contributed by atoms with van der Waals surface area (Å²) in [6.45, 7) is 0. The molecule has 1 aromatic heterocycles. The number of thiazole rings is 1. The van der Waals surface area contributed by atoms with Crippen LogP contribution in [0.15, 0.2) is 41.2 Å². The summed E-state index contributed by atoms with van der Waals surface area (Å²) < 4.78 is 0. The molecule has 0 saturated carbocycles. The number of carbonyl (C=O) groups is 3. The predicted octanol–water partition coefficient (Wildman–Crippen LogP) is 2.45. The van der Waals surface area contributed by atoms with E-state index in [-0.39, 0.29) is 30.6 Å². The summed E-state index contributed by atoms with van der Waals surface area (Å²) in [4.78, 5) is 41.0. The van der Waals surface area contributed by atoms with Crippen LogP contribution in [-0.4, -0.2) is 22.7 Å². The Morgan fingerprint density at radius 1 is 1.22 bits per heavy atom. The maximum absolute atomic E-state index is 12.0. The van der Waals surface area contributed by atoms with Crippen molar-refractivity contribution in [1.29, 1.82) is 0 Å². The molecule has 1 fully saturated rings. The van der Waals surface area contributed by atoms with Crippen LogP contribution in [0.2, 0.25) is 0 Å². The van der Waals surface area contributed by atoms with Crippen molar-refractivity contribution in [3.63, 3.8) is 0 Å². The zero-order valence-electron chi connectivity index (χ0n) is 12.1. The van der Waals surface area contributed by atoms with E-state index in [9.17, 15) is 14.4 Å². The van der Waals surface area contributed by atoms with Crippen molar-refractivity contribution in [1.82, 2.24) is 4.98 Å². The highest BCUT2D eigenvalue weighted by molar-refractivity contribution is 7.07. The number of nitrogens with one attached hydrogen (secondary N) is 1. The number of carbonyl (C=O) groups excluding carboxylic acids is 3. The largest absolute Gasteiger partial charge is 0.321 e. The fourth-order valence-corrected chi connectivity index (χ4v) is 2.78. The van der Waals surface area contributed by atoms with E-state index in [0.29, 0.717) is 17.1 Å². The maximum atomic E-state index is 12.0.